The molecule has 1 fully saturated rings. The lowest BCUT2D eigenvalue weighted by atomic mass is 9.98. The van der Waals surface area contributed by atoms with Crippen molar-refractivity contribution in [3.63, 3.8) is 0 Å². The van der Waals surface area contributed by atoms with E-state index in [0.717, 1.165) is 11.1 Å². The topological polar surface area (TPSA) is 45.6 Å². The Kier molecular flexibility index (Phi) is 5.68. The number of amides is 2. The average Bonchev–Trinajstić information content (AvgIpc) is 3.04. The molecule has 1 saturated heterocycles. The van der Waals surface area contributed by atoms with Crippen LogP contribution in [0.4, 0.5) is 0 Å². The third-order valence-electron chi connectivity index (χ3n) is 5.53. The van der Waals surface area contributed by atoms with E-state index in [1.807, 2.05) is 39.9 Å². The molecule has 1 aliphatic rings. The van der Waals surface area contributed by atoms with Crippen molar-refractivity contribution in [1.29, 1.82) is 0 Å². The van der Waals surface area contributed by atoms with Crippen molar-refractivity contribution in [2.45, 2.75) is 33.6 Å². The van der Waals surface area contributed by atoms with E-state index in [1.165, 1.54) is 16.7 Å². The van der Waals surface area contributed by atoms with E-state index < -0.39 is 0 Å². The summed E-state index contributed by atoms with van der Waals surface area (Å²) in [6.45, 7) is 8.70. The van der Waals surface area contributed by atoms with Crippen molar-refractivity contribution in [1.82, 2.24) is 14.4 Å². The molecule has 1 aliphatic heterocycles. The monoisotopic (exact) mass is 367 g/mol. The molecule has 0 saturated carbocycles. The van der Waals surface area contributed by atoms with Gasteiger partial charge in [0.2, 0.25) is 11.8 Å². The van der Waals surface area contributed by atoms with Gasteiger partial charge in [-0.3, -0.25) is 9.59 Å². The Balaban J connectivity index is 1.53. The van der Waals surface area contributed by atoms with Gasteiger partial charge in [0, 0.05) is 45.6 Å². The van der Waals surface area contributed by atoms with Crippen LogP contribution in [-0.4, -0.2) is 52.4 Å². The maximum atomic E-state index is 12.7. The molecule has 1 aromatic carbocycles. The number of carbonyl (C=O) groups excluding carboxylic acids is 2. The fraction of sp³-hybridized carbons (Fsp3) is 0.455. The molecule has 27 heavy (non-hydrogen) atoms. The molecule has 2 amide bonds. The van der Waals surface area contributed by atoms with Crippen molar-refractivity contribution >= 4 is 11.8 Å². The minimum absolute atomic E-state index is 0.137. The standard InChI is InChI=1S/C22H29N3O2/c1-16-11-18(3)20(12-17(16)2)14-22(27)25-9-7-24(8-10-25)21(26)13-19-5-6-23(4)15-19/h5-6,11-12,15H,7-10,13-14H2,1-4H3. The lowest BCUT2D eigenvalue weighted by Gasteiger charge is -2.35. The smallest absolute Gasteiger partial charge is 0.227 e. The summed E-state index contributed by atoms with van der Waals surface area (Å²) in [5.74, 6) is 0.287. The molecule has 2 aromatic rings. The number of rotatable bonds is 4. The first-order valence-corrected chi connectivity index (χ1v) is 9.56. The predicted molar refractivity (Wildman–Crippen MR) is 107 cm³/mol. The Hall–Kier alpha value is -2.56. The summed E-state index contributed by atoms with van der Waals surface area (Å²) in [5, 5.41) is 0. The minimum Gasteiger partial charge on any atom is -0.357 e. The molecule has 0 unspecified atom stereocenters. The Morgan fingerprint density at radius 3 is 1.96 bits per heavy atom. The van der Waals surface area contributed by atoms with Gasteiger partial charge in [-0.2, -0.15) is 0 Å². The lowest BCUT2D eigenvalue weighted by molar-refractivity contribution is -0.138. The van der Waals surface area contributed by atoms with Crippen LogP contribution >= 0.6 is 0 Å². The van der Waals surface area contributed by atoms with Crippen LogP contribution in [0.15, 0.2) is 30.6 Å². The Bertz CT molecular complexity index is 845. The highest BCUT2D eigenvalue weighted by Gasteiger charge is 2.24. The maximum absolute atomic E-state index is 12.7. The maximum Gasteiger partial charge on any atom is 0.227 e. The second kappa shape index (κ2) is 7.99. The summed E-state index contributed by atoms with van der Waals surface area (Å²) in [6.07, 6.45) is 4.79. The van der Waals surface area contributed by atoms with Crippen LogP contribution in [0.25, 0.3) is 0 Å². The molecular weight excluding hydrogens is 338 g/mol. The van der Waals surface area contributed by atoms with Gasteiger partial charge in [-0.1, -0.05) is 12.1 Å². The summed E-state index contributed by atoms with van der Waals surface area (Å²) in [6, 6.07) is 6.25. The number of benzene rings is 1. The van der Waals surface area contributed by atoms with Gasteiger partial charge >= 0.3 is 0 Å². The van der Waals surface area contributed by atoms with Gasteiger partial charge in [0.25, 0.3) is 0 Å². The van der Waals surface area contributed by atoms with Crippen LogP contribution < -0.4 is 0 Å². The molecule has 0 radical (unpaired) electrons. The summed E-state index contributed by atoms with van der Waals surface area (Å²) >= 11 is 0. The molecule has 3 rings (SSSR count). The van der Waals surface area contributed by atoms with Crippen molar-refractivity contribution in [2.75, 3.05) is 26.2 Å². The number of carbonyl (C=O) groups is 2. The Morgan fingerprint density at radius 2 is 1.41 bits per heavy atom. The Morgan fingerprint density at radius 1 is 0.852 bits per heavy atom. The third kappa shape index (κ3) is 4.59. The summed E-state index contributed by atoms with van der Waals surface area (Å²) in [5.41, 5.74) is 5.79. The quantitative estimate of drug-likeness (QED) is 0.833. The minimum atomic E-state index is 0.137. The number of aryl methyl sites for hydroxylation is 4. The van der Waals surface area contributed by atoms with Crippen molar-refractivity contribution in [3.8, 4) is 0 Å². The third-order valence-corrected chi connectivity index (χ3v) is 5.53. The van der Waals surface area contributed by atoms with Crippen molar-refractivity contribution < 1.29 is 9.59 Å². The van der Waals surface area contributed by atoms with E-state index in [0.29, 0.717) is 39.0 Å². The van der Waals surface area contributed by atoms with Gasteiger partial charge in [0.05, 0.1) is 12.8 Å². The molecule has 2 heterocycles. The van der Waals surface area contributed by atoms with Crippen molar-refractivity contribution in [3.05, 3.63) is 58.4 Å². The predicted octanol–water partition coefficient (Wildman–Crippen LogP) is 2.41. The molecule has 0 bridgehead atoms. The second-order valence-corrected chi connectivity index (χ2v) is 7.66. The van der Waals surface area contributed by atoms with E-state index in [9.17, 15) is 9.59 Å². The molecule has 144 valence electrons. The highest BCUT2D eigenvalue weighted by Crippen LogP contribution is 2.17. The number of piperazine rings is 1. The number of aromatic nitrogens is 1. The van der Waals surface area contributed by atoms with Crippen LogP contribution in [0.2, 0.25) is 0 Å². The zero-order chi connectivity index (χ0) is 19.6. The lowest BCUT2D eigenvalue weighted by Crippen LogP contribution is -2.51. The number of nitrogens with zero attached hydrogens (tertiary/aromatic N) is 3. The molecule has 5 heteroatoms. The van der Waals surface area contributed by atoms with Crippen LogP contribution in [0, 0.1) is 20.8 Å². The van der Waals surface area contributed by atoms with Gasteiger partial charge in [-0.15, -0.1) is 0 Å². The Labute approximate surface area is 161 Å². The van der Waals surface area contributed by atoms with Gasteiger partial charge in [0.15, 0.2) is 0 Å². The number of hydrogen-bond acceptors (Lipinski definition) is 2. The molecule has 1 aromatic heterocycles. The van der Waals surface area contributed by atoms with Crippen LogP contribution in [-0.2, 0) is 29.5 Å². The van der Waals surface area contributed by atoms with Crippen LogP contribution in [0.5, 0.6) is 0 Å². The molecule has 0 spiro atoms. The van der Waals surface area contributed by atoms with E-state index in [4.69, 9.17) is 0 Å². The normalized spacial score (nSPS) is 14.5. The zero-order valence-corrected chi connectivity index (χ0v) is 16.8. The SMILES string of the molecule is Cc1cc(C)c(CC(=O)N2CCN(C(=O)Cc3ccn(C)c3)CC2)cc1C. The fourth-order valence-corrected chi connectivity index (χ4v) is 3.64. The van der Waals surface area contributed by atoms with Crippen molar-refractivity contribution in [2.24, 2.45) is 7.05 Å². The van der Waals surface area contributed by atoms with E-state index in [-0.39, 0.29) is 11.8 Å². The first-order chi connectivity index (χ1) is 12.8. The second-order valence-electron chi connectivity index (χ2n) is 7.66. The highest BCUT2D eigenvalue weighted by molar-refractivity contribution is 5.81. The fourth-order valence-electron chi connectivity index (χ4n) is 3.64. The summed E-state index contributed by atoms with van der Waals surface area (Å²) in [4.78, 5) is 28.9. The summed E-state index contributed by atoms with van der Waals surface area (Å²) < 4.78 is 1.95. The van der Waals surface area contributed by atoms with E-state index in [2.05, 4.69) is 32.9 Å². The molecular formula is C22H29N3O2. The van der Waals surface area contributed by atoms with Gasteiger partial charge in [-0.25, -0.2) is 0 Å². The number of hydrogen-bond donors (Lipinski definition) is 0. The molecule has 5 nitrogen and oxygen atoms in total. The molecule has 0 aliphatic carbocycles. The molecule has 0 N–H and O–H groups in total. The largest absolute Gasteiger partial charge is 0.357 e. The molecule has 0 atom stereocenters. The first kappa shape index (κ1) is 19.2. The average molecular weight is 367 g/mol. The van der Waals surface area contributed by atoms with Gasteiger partial charge in [-0.05, 0) is 54.7 Å². The summed E-state index contributed by atoms with van der Waals surface area (Å²) in [7, 11) is 1.95. The zero-order valence-electron chi connectivity index (χ0n) is 16.8. The van der Waals surface area contributed by atoms with Crippen LogP contribution in [0.3, 0.4) is 0 Å². The van der Waals surface area contributed by atoms with E-state index in [1.54, 1.807) is 0 Å². The van der Waals surface area contributed by atoms with Gasteiger partial charge < -0.3 is 14.4 Å². The first-order valence-electron chi connectivity index (χ1n) is 9.56. The van der Waals surface area contributed by atoms with E-state index >= 15 is 0 Å². The van der Waals surface area contributed by atoms with Gasteiger partial charge in [0.1, 0.15) is 0 Å². The van der Waals surface area contributed by atoms with Crippen LogP contribution in [0.1, 0.15) is 27.8 Å². The highest BCUT2D eigenvalue weighted by atomic mass is 16.2.